The molecule has 3 atom stereocenters. The van der Waals surface area contributed by atoms with Gasteiger partial charge in [-0.3, -0.25) is 19.3 Å². The molecule has 2 aromatic carbocycles. The number of hydrogen-bond acceptors (Lipinski definition) is 9. The van der Waals surface area contributed by atoms with Crippen molar-refractivity contribution in [2.45, 2.75) is 42.7 Å². The molecule has 1 amide bonds. The first-order valence-electron chi connectivity index (χ1n) is 13.3. The Bertz CT molecular complexity index is 1560. The van der Waals surface area contributed by atoms with E-state index >= 15 is 0 Å². The highest BCUT2D eigenvalue weighted by molar-refractivity contribution is 7.98. The predicted octanol–water partition coefficient (Wildman–Crippen LogP) is 4.03. The summed E-state index contributed by atoms with van der Waals surface area (Å²) in [5.41, 5.74) is 2.11. The number of benzene rings is 2. The zero-order valence-corrected chi connectivity index (χ0v) is 23.3. The number of fused-ring (bicyclic) bond motifs is 4. The smallest absolute Gasteiger partial charge is 0.451 e. The van der Waals surface area contributed by atoms with Crippen LogP contribution in [0.4, 0.5) is 9.18 Å². The van der Waals surface area contributed by atoms with Crippen molar-refractivity contribution in [3.8, 4) is 5.75 Å². The van der Waals surface area contributed by atoms with Gasteiger partial charge in [-0.1, -0.05) is 24.3 Å². The lowest BCUT2D eigenvalue weighted by atomic mass is 9.93. The minimum atomic E-state index is -0.955. The number of carbonyl (C=O) groups excluding carboxylic acids is 2. The minimum absolute atomic E-state index is 0.00648. The van der Waals surface area contributed by atoms with Crippen LogP contribution < -0.4 is 15.2 Å². The highest BCUT2D eigenvalue weighted by Gasteiger charge is 2.48. The van der Waals surface area contributed by atoms with Gasteiger partial charge in [0.1, 0.15) is 12.0 Å². The van der Waals surface area contributed by atoms with E-state index in [-0.39, 0.29) is 36.5 Å². The molecule has 0 unspecified atom stereocenters. The second-order valence-corrected chi connectivity index (χ2v) is 10.8. The van der Waals surface area contributed by atoms with Gasteiger partial charge in [-0.05, 0) is 48.7 Å². The molecule has 10 nitrogen and oxygen atoms in total. The highest BCUT2D eigenvalue weighted by atomic mass is 32.2. The summed E-state index contributed by atoms with van der Waals surface area (Å²) in [4.78, 5) is 41.6. The van der Waals surface area contributed by atoms with Crippen molar-refractivity contribution >= 4 is 23.8 Å². The molecule has 41 heavy (non-hydrogen) atoms. The Balaban J connectivity index is 1.55. The van der Waals surface area contributed by atoms with E-state index in [9.17, 15) is 18.8 Å². The van der Waals surface area contributed by atoms with Crippen LogP contribution in [-0.2, 0) is 20.0 Å². The van der Waals surface area contributed by atoms with Crippen molar-refractivity contribution in [2.24, 2.45) is 0 Å². The number of pyridine rings is 1. The third-order valence-electron chi connectivity index (χ3n) is 7.35. The average Bonchev–Trinajstić information content (AvgIpc) is 3.11. The second-order valence-electron chi connectivity index (χ2n) is 9.82. The molecule has 3 aliphatic heterocycles. The third kappa shape index (κ3) is 4.80. The van der Waals surface area contributed by atoms with Gasteiger partial charge in [0.05, 0.1) is 31.9 Å². The van der Waals surface area contributed by atoms with Gasteiger partial charge >= 0.3 is 6.16 Å². The number of ether oxygens (including phenoxy) is 4. The molecule has 0 spiro atoms. The van der Waals surface area contributed by atoms with Gasteiger partial charge < -0.3 is 23.8 Å². The van der Waals surface area contributed by atoms with Crippen LogP contribution in [0.5, 0.6) is 5.75 Å². The number of morpholine rings is 1. The maximum atomic E-state index is 14.5. The summed E-state index contributed by atoms with van der Waals surface area (Å²) in [5.74, 6) is -0.438. The molecule has 1 fully saturated rings. The quantitative estimate of drug-likeness (QED) is 0.327. The lowest BCUT2D eigenvalue weighted by Gasteiger charge is -2.53. The van der Waals surface area contributed by atoms with E-state index in [2.05, 4.69) is 0 Å². The molecule has 3 aliphatic rings. The molecule has 0 bridgehead atoms. The first-order chi connectivity index (χ1) is 19.9. The van der Waals surface area contributed by atoms with E-state index in [1.54, 1.807) is 40.4 Å². The van der Waals surface area contributed by atoms with Gasteiger partial charge in [0.2, 0.25) is 18.0 Å². The van der Waals surface area contributed by atoms with Crippen LogP contribution in [0.1, 0.15) is 47.1 Å². The zero-order valence-electron chi connectivity index (χ0n) is 22.4. The maximum Gasteiger partial charge on any atom is 0.511 e. The predicted molar refractivity (Wildman–Crippen MR) is 147 cm³/mol. The van der Waals surface area contributed by atoms with Gasteiger partial charge in [-0.15, -0.1) is 11.8 Å². The fourth-order valence-corrected chi connectivity index (χ4v) is 6.73. The molecule has 0 N–H and O–H groups in total. The number of aromatic nitrogens is 1. The van der Waals surface area contributed by atoms with E-state index < -0.39 is 36.5 Å². The van der Waals surface area contributed by atoms with Crippen molar-refractivity contribution in [1.82, 2.24) is 9.58 Å². The lowest BCUT2D eigenvalue weighted by Crippen LogP contribution is -2.68. The van der Waals surface area contributed by atoms with Gasteiger partial charge in [0, 0.05) is 22.9 Å². The summed E-state index contributed by atoms with van der Waals surface area (Å²) in [6.45, 7) is 3.53. The topological polar surface area (TPSA) is 99.5 Å². The molecular weight excluding hydrogens is 553 g/mol. The summed E-state index contributed by atoms with van der Waals surface area (Å²) in [6, 6.07) is 13.2. The standard InChI is InChI=1S/C29H28FN3O7S/c1-3-38-29(36)40-16-39-27-22(34)10-11-31-26(27)28(35)32-17(2)13-37-14-24(32)33(31)25-20-9-8-19(30)12-18(20)15-41-23-7-5-4-6-21(23)25/h4-12,17,24-25H,3,13-16H2,1-2H3/t17-,24+,25-/m0/s1. The molecule has 3 aromatic rings. The summed E-state index contributed by atoms with van der Waals surface area (Å²) in [7, 11) is 0. The first-order valence-corrected chi connectivity index (χ1v) is 14.2. The number of nitrogens with zero attached hydrogens (tertiary/aromatic N) is 3. The van der Waals surface area contributed by atoms with Crippen LogP contribution in [-0.4, -0.2) is 60.5 Å². The summed E-state index contributed by atoms with van der Waals surface area (Å²) in [5, 5.41) is 1.99. The molecule has 1 saturated heterocycles. The monoisotopic (exact) mass is 581 g/mol. The van der Waals surface area contributed by atoms with Crippen LogP contribution in [0, 0.1) is 5.82 Å². The van der Waals surface area contributed by atoms with Crippen molar-refractivity contribution in [1.29, 1.82) is 0 Å². The van der Waals surface area contributed by atoms with Crippen molar-refractivity contribution in [3.63, 3.8) is 0 Å². The van der Waals surface area contributed by atoms with Crippen molar-refractivity contribution in [2.75, 3.05) is 31.6 Å². The number of rotatable bonds is 5. The Hall–Kier alpha value is -4.03. The fourth-order valence-electron chi connectivity index (χ4n) is 5.64. The minimum Gasteiger partial charge on any atom is -0.451 e. The molecule has 0 aliphatic carbocycles. The fraction of sp³-hybridized carbons (Fsp3) is 0.345. The molecule has 0 radical (unpaired) electrons. The summed E-state index contributed by atoms with van der Waals surface area (Å²) in [6.07, 6.45) is 0.0299. The Morgan fingerprint density at radius 1 is 1.10 bits per heavy atom. The number of halogens is 1. The van der Waals surface area contributed by atoms with Crippen LogP contribution in [0.15, 0.2) is 64.4 Å². The normalized spacial score (nSPS) is 21.1. The van der Waals surface area contributed by atoms with Crippen LogP contribution >= 0.6 is 11.8 Å². The Morgan fingerprint density at radius 2 is 1.93 bits per heavy atom. The van der Waals surface area contributed by atoms with E-state index in [4.69, 9.17) is 18.9 Å². The third-order valence-corrected chi connectivity index (χ3v) is 8.49. The first kappa shape index (κ1) is 27.2. The Kier molecular flexibility index (Phi) is 7.35. The van der Waals surface area contributed by atoms with Crippen molar-refractivity contribution < 1.29 is 32.9 Å². The molecule has 12 heteroatoms. The Labute approximate surface area is 239 Å². The van der Waals surface area contributed by atoms with Gasteiger partial charge in [-0.25, -0.2) is 9.18 Å². The zero-order chi connectivity index (χ0) is 28.7. The molecule has 4 heterocycles. The number of thioether (sulfide) groups is 1. The van der Waals surface area contributed by atoms with Crippen molar-refractivity contribution in [3.05, 3.63) is 93.2 Å². The summed E-state index contributed by atoms with van der Waals surface area (Å²) < 4.78 is 37.4. The lowest BCUT2D eigenvalue weighted by molar-refractivity contribution is -0.0474. The van der Waals surface area contributed by atoms with Gasteiger partial charge in [0.15, 0.2) is 5.69 Å². The largest absolute Gasteiger partial charge is 0.511 e. The SMILES string of the molecule is CCOC(=O)OCOc1c2n(ccc1=O)N([C@H]1c3ccc(F)cc3CSc3ccccc31)[C@@H]1COC[C@H](C)N1C2=O. The average molecular weight is 582 g/mol. The van der Waals surface area contributed by atoms with Gasteiger partial charge in [-0.2, -0.15) is 0 Å². The molecular formula is C29H28FN3O7S. The van der Waals surface area contributed by atoms with E-state index in [0.29, 0.717) is 12.4 Å². The van der Waals surface area contributed by atoms with E-state index in [1.165, 1.54) is 18.3 Å². The molecule has 214 valence electrons. The molecule has 1 aromatic heterocycles. The molecule has 0 saturated carbocycles. The number of hydrogen-bond donors (Lipinski definition) is 0. The van der Waals surface area contributed by atoms with E-state index in [0.717, 1.165) is 21.6 Å². The van der Waals surface area contributed by atoms with Crippen LogP contribution in [0.2, 0.25) is 0 Å². The van der Waals surface area contributed by atoms with Gasteiger partial charge in [0.25, 0.3) is 5.91 Å². The van der Waals surface area contributed by atoms with E-state index in [1.807, 2.05) is 36.2 Å². The maximum absolute atomic E-state index is 14.5. The number of amides is 1. The Morgan fingerprint density at radius 3 is 2.76 bits per heavy atom. The molecule has 6 rings (SSSR count). The van der Waals surface area contributed by atoms with Crippen LogP contribution in [0.25, 0.3) is 0 Å². The second kappa shape index (κ2) is 11.1. The number of carbonyl (C=O) groups is 2. The summed E-state index contributed by atoms with van der Waals surface area (Å²) >= 11 is 1.61. The highest BCUT2D eigenvalue weighted by Crippen LogP contribution is 2.44. The van der Waals surface area contributed by atoms with Crippen LogP contribution in [0.3, 0.4) is 0 Å².